The number of nitrogens with one attached hydrogen (secondary N) is 2. The first kappa shape index (κ1) is 29.8. The van der Waals surface area contributed by atoms with Crippen LogP contribution in [0.5, 0.6) is 5.75 Å². The molecule has 5 rings (SSSR count). The predicted octanol–water partition coefficient (Wildman–Crippen LogP) is 6.41. The summed E-state index contributed by atoms with van der Waals surface area (Å²) in [5.74, 6) is -9.65. The third kappa shape index (κ3) is 6.86. The third-order valence-corrected chi connectivity index (χ3v) is 7.05. The summed E-state index contributed by atoms with van der Waals surface area (Å²) in [5.41, 5.74) is 1.84. The van der Waals surface area contributed by atoms with Crippen molar-refractivity contribution in [2.24, 2.45) is 0 Å². The van der Waals surface area contributed by atoms with E-state index in [1.54, 1.807) is 48.5 Å². The molecule has 1 heterocycles. The molecule has 1 aliphatic rings. The summed E-state index contributed by atoms with van der Waals surface area (Å²) in [5, 5.41) is 5.67. The van der Waals surface area contributed by atoms with Crippen molar-refractivity contribution in [2.75, 3.05) is 41.3 Å². The number of carbonyl (C=O) groups is 1. The summed E-state index contributed by atoms with van der Waals surface area (Å²) in [4.78, 5) is 15.8. The van der Waals surface area contributed by atoms with Gasteiger partial charge in [0.05, 0.1) is 0 Å². The number of ether oxygens (including phenoxy) is 1. The molecule has 0 saturated carbocycles. The molecule has 0 radical (unpaired) electrons. The Bertz CT molecular complexity index is 1600. The van der Waals surface area contributed by atoms with E-state index >= 15 is 0 Å². The van der Waals surface area contributed by atoms with Crippen molar-refractivity contribution in [1.29, 1.82) is 0 Å². The van der Waals surface area contributed by atoms with Crippen LogP contribution in [-0.2, 0) is 6.61 Å². The van der Waals surface area contributed by atoms with Gasteiger partial charge < -0.3 is 19.9 Å². The zero-order valence-corrected chi connectivity index (χ0v) is 23.4. The maximum absolute atomic E-state index is 14.2. The van der Waals surface area contributed by atoms with Crippen molar-refractivity contribution in [2.45, 2.75) is 6.61 Å². The van der Waals surface area contributed by atoms with Crippen LogP contribution in [0.15, 0.2) is 78.9 Å². The summed E-state index contributed by atoms with van der Waals surface area (Å²) in [6.45, 7) is 1.03. The molecule has 1 aliphatic heterocycles. The summed E-state index contributed by atoms with van der Waals surface area (Å²) >= 11 is 5.30. The number of piperazine rings is 1. The van der Waals surface area contributed by atoms with Crippen LogP contribution >= 0.6 is 12.2 Å². The van der Waals surface area contributed by atoms with E-state index in [-0.39, 0.29) is 31.3 Å². The first-order valence-corrected chi connectivity index (χ1v) is 13.6. The van der Waals surface area contributed by atoms with Gasteiger partial charge in [-0.2, -0.15) is 0 Å². The molecule has 222 valence electrons. The van der Waals surface area contributed by atoms with Crippen LogP contribution in [-0.4, -0.2) is 37.2 Å². The molecule has 0 spiro atoms. The van der Waals surface area contributed by atoms with Crippen LogP contribution in [0.1, 0.15) is 15.9 Å². The van der Waals surface area contributed by atoms with Crippen molar-refractivity contribution < 1.29 is 31.5 Å². The zero-order valence-electron chi connectivity index (χ0n) is 22.6. The van der Waals surface area contributed by atoms with E-state index in [2.05, 4.69) is 10.6 Å². The number of anilines is 3. The van der Waals surface area contributed by atoms with Crippen LogP contribution in [0.25, 0.3) is 0 Å². The Morgan fingerprint density at radius 3 is 2.00 bits per heavy atom. The SMILES string of the molecule is O=C(NC(=S)Nc1ccc(N2CCN(c3c(F)c(F)c(F)c(F)c3F)CC2)cc1)c1cccc(OCc2ccccc2)c1. The molecule has 6 nitrogen and oxygen atoms in total. The molecule has 12 heteroatoms. The quantitative estimate of drug-likeness (QED) is 0.109. The number of rotatable bonds is 7. The highest BCUT2D eigenvalue weighted by atomic mass is 32.1. The minimum atomic E-state index is -2.18. The van der Waals surface area contributed by atoms with Gasteiger partial charge in [0.2, 0.25) is 5.82 Å². The van der Waals surface area contributed by atoms with E-state index in [0.717, 1.165) is 16.2 Å². The molecule has 0 unspecified atom stereocenters. The average Bonchev–Trinajstić information content (AvgIpc) is 3.03. The van der Waals surface area contributed by atoms with Crippen molar-refractivity contribution in [3.63, 3.8) is 0 Å². The second kappa shape index (κ2) is 13.1. The van der Waals surface area contributed by atoms with Crippen LogP contribution in [0, 0.1) is 29.1 Å². The highest BCUT2D eigenvalue weighted by molar-refractivity contribution is 7.80. The first-order valence-electron chi connectivity index (χ1n) is 13.2. The minimum Gasteiger partial charge on any atom is -0.489 e. The van der Waals surface area contributed by atoms with Crippen LogP contribution in [0.3, 0.4) is 0 Å². The molecule has 1 fully saturated rings. The van der Waals surface area contributed by atoms with Crippen LogP contribution < -0.4 is 25.2 Å². The summed E-state index contributed by atoms with van der Waals surface area (Å²) in [6, 6.07) is 23.4. The first-order chi connectivity index (χ1) is 20.7. The molecule has 2 N–H and O–H groups in total. The van der Waals surface area contributed by atoms with Crippen molar-refractivity contribution >= 4 is 40.3 Å². The normalized spacial score (nSPS) is 13.0. The highest BCUT2D eigenvalue weighted by Crippen LogP contribution is 2.31. The Labute approximate surface area is 249 Å². The third-order valence-electron chi connectivity index (χ3n) is 6.84. The van der Waals surface area contributed by atoms with E-state index in [1.165, 1.54) is 0 Å². The fourth-order valence-corrected chi connectivity index (χ4v) is 4.83. The molecule has 1 saturated heterocycles. The Morgan fingerprint density at radius 2 is 1.35 bits per heavy atom. The van der Waals surface area contributed by atoms with Gasteiger partial charge in [-0.1, -0.05) is 36.4 Å². The summed E-state index contributed by atoms with van der Waals surface area (Å²) < 4.78 is 74.9. The molecule has 0 atom stereocenters. The van der Waals surface area contributed by atoms with Crippen molar-refractivity contribution in [3.05, 3.63) is 119 Å². The standard InChI is InChI=1S/C31H25F5N4O2S/c32-24-25(33)27(35)29(28(36)26(24)34)40-15-13-39(14-16-40)22-11-9-21(10-12-22)37-31(43)38-30(41)20-7-4-8-23(17-20)42-18-19-5-2-1-3-6-19/h1-12,17H,13-16,18H2,(H2,37,38,41,43). The van der Waals surface area contributed by atoms with Crippen LogP contribution in [0.4, 0.5) is 39.0 Å². The lowest BCUT2D eigenvalue weighted by molar-refractivity contribution is 0.0977. The Balaban J connectivity index is 1.13. The van der Waals surface area contributed by atoms with Crippen molar-refractivity contribution in [1.82, 2.24) is 5.32 Å². The van der Waals surface area contributed by atoms with E-state index in [9.17, 15) is 26.7 Å². The molecule has 1 amide bonds. The van der Waals surface area contributed by atoms with Gasteiger partial charge in [0, 0.05) is 43.1 Å². The van der Waals surface area contributed by atoms with Gasteiger partial charge in [-0.15, -0.1) is 0 Å². The topological polar surface area (TPSA) is 56.8 Å². The predicted molar refractivity (Wildman–Crippen MR) is 158 cm³/mol. The molecular formula is C31H25F5N4O2S. The monoisotopic (exact) mass is 612 g/mol. The van der Waals surface area contributed by atoms with Crippen molar-refractivity contribution in [3.8, 4) is 5.75 Å². The number of nitrogens with zero attached hydrogens (tertiary/aromatic N) is 2. The van der Waals surface area contributed by atoms with Gasteiger partial charge in [0.25, 0.3) is 5.91 Å². The van der Waals surface area contributed by atoms with E-state index in [4.69, 9.17) is 17.0 Å². The van der Waals surface area contributed by atoms with E-state index < -0.39 is 40.7 Å². The molecule has 4 aromatic rings. The number of hydrogen-bond acceptors (Lipinski definition) is 5. The summed E-state index contributed by atoms with van der Waals surface area (Å²) in [7, 11) is 0. The van der Waals surface area contributed by atoms with Gasteiger partial charge in [-0.25, -0.2) is 22.0 Å². The molecule has 0 aliphatic carbocycles. The Morgan fingerprint density at radius 1 is 0.744 bits per heavy atom. The molecule has 4 aromatic carbocycles. The Hall–Kier alpha value is -4.71. The number of halogens is 5. The number of carbonyl (C=O) groups excluding carboxylic acids is 1. The molecule has 0 aromatic heterocycles. The van der Waals surface area contributed by atoms with Gasteiger partial charge in [-0.05, 0) is 60.2 Å². The number of amides is 1. The lowest BCUT2D eigenvalue weighted by Gasteiger charge is -2.37. The average molecular weight is 613 g/mol. The van der Waals surface area contributed by atoms with Gasteiger partial charge in [0.15, 0.2) is 28.4 Å². The maximum atomic E-state index is 14.2. The number of benzene rings is 4. The fourth-order valence-electron chi connectivity index (χ4n) is 4.62. The molecular weight excluding hydrogens is 587 g/mol. The second-order valence-electron chi connectivity index (χ2n) is 9.65. The Kier molecular flexibility index (Phi) is 9.05. The van der Waals surface area contributed by atoms with E-state index in [0.29, 0.717) is 23.6 Å². The lowest BCUT2D eigenvalue weighted by Crippen LogP contribution is -2.47. The zero-order chi connectivity index (χ0) is 30.5. The van der Waals surface area contributed by atoms with Crippen LogP contribution in [0.2, 0.25) is 0 Å². The smallest absolute Gasteiger partial charge is 0.257 e. The highest BCUT2D eigenvalue weighted by Gasteiger charge is 2.30. The van der Waals surface area contributed by atoms with E-state index in [1.807, 2.05) is 35.2 Å². The number of hydrogen-bond donors (Lipinski definition) is 2. The lowest BCUT2D eigenvalue weighted by atomic mass is 10.2. The van der Waals surface area contributed by atoms with Gasteiger partial charge in [-0.3, -0.25) is 10.1 Å². The van der Waals surface area contributed by atoms with Gasteiger partial charge in [0.1, 0.15) is 18.0 Å². The fraction of sp³-hybridized carbons (Fsp3) is 0.161. The van der Waals surface area contributed by atoms with Gasteiger partial charge >= 0.3 is 0 Å². The molecule has 0 bridgehead atoms. The minimum absolute atomic E-state index is 0.0486. The summed E-state index contributed by atoms with van der Waals surface area (Å²) in [6.07, 6.45) is 0. The molecule has 43 heavy (non-hydrogen) atoms. The largest absolute Gasteiger partial charge is 0.489 e. The number of thiocarbonyl (C=S) groups is 1. The second-order valence-corrected chi connectivity index (χ2v) is 10.1. The maximum Gasteiger partial charge on any atom is 0.257 e.